The van der Waals surface area contributed by atoms with Crippen molar-refractivity contribution in [3.05, 3.63) is 83.3 Å². The number of benzene rings is 1. The molecular formula is C23H24ClN5O3S. The quantitative estimate of drug-likeness (QED) is 0.299. The Bertz CT molecular complexity index is 1070. The molecule has 1 aromatic carbocycles. The van der Waals surface area contributed by atoms with Crippen LogP contribution in [0.1, 0.15) is 21.3 Å². The first-order valence-electron chi connectivity index (χ1n) is 10.1. The Morgan fingerprint density at radius 1 is 1.12 bits per heavy atom. The maximum atomic E-state index is 13.0. The number of amides is 2. The molecular weight excluding hydrogens is 462 g/mol. The van der Waals surface area contributed by atoms with Crippen LogP contribution >= 0.6 is 23.4 Å². The van der Waals surface area contributed by atoms with Crippen molar-refractivity contribution >= 4 is 40.9 Å². The zero-order valence-electron chi connectivity index (χ0n) is 17.9. The van der Waals surface area contributed by atoms with Gasteiger partial charge in [0.1, 0.15) is 10.4 Å². The van der Waals surface area contributed by atoms with Gasteiger partial charge in [-0.05, 0) is 61.1 Å². The van der Waals surface area contributed by atoms with Gasteiger partial charge in [-0.15, -0.1) is 0 Å². The third kappa shape index (κ3) is 7.54. The SMILES string of the molecule is CN(CCO)CC(=O)NC(Sc1ncccc1C(=O)Nc1ccc(Cl)cc1)c1ccncc1. The average molecular weight is 486 g/mol. The van der Waals surface area contributed by atoms with Gasteiger partial charge in [-0.25, -0.2) is 4.98 Å². The minimum atomic E-state index is -0.500. The summed E-state index contributed by atoms with van der Waals surface area (Å²) in [6.45, 7) is 0.469. The molecule has 10 heteroatoms. The molecule has 0 aliphatic carbocycles. The van der Waals surface area contributed by atoms with Gasteiger partial charge in [-0.2, -0.15) is 0 Å². The zero-order valence-corrected chi connectivity index (χ0v) is 19.5. The third-order valence-electron chi connectivity index (χ3n) is 4.54. The van der Waals surface area contributed by atoms with E-state index >= 15 is 0 Å². The van der Waals surface area contributed by atoms with Crippen LogP contribution in [0, 0.1) is 0 Å². The van der Waals surface area contributed by atoms with Gasteiger partial charge >= 0.3 is 0 Å². The number of hydrogen-bond donors (Lipinski definition) is 3. The number of aliphatic hydroxyl groups is 1. The molecule has 8 nitrogen and oxygen atoms in total. The number of halogens is 1. The van der Waals surface area contributed by atoms with Gasteiger partial charge in [0.2, 0.25) is 5.91 Å². The van der Waals surface area contributed by atoms with Crippen molar-refractivity contribution in [1.82, 2.24) is 20.2 Å². The topological polar surface area (TPSA) is 107 Å². The van der Waals surface area contributed by atoms with Crippen molar-refractivity contribution in [2.75, 3.05) is 32.1 Å². The van der Waals surface area contributed by atoms with E-state index in [2.05, 4.69) is 20.6 Å². The second-order valence-corrected chi connectivity index (χ2v) is 8.65. The molecule has 2 aromatic heterocycles. The fourth-order valence-corrected chi connectivity index (χ4v) is 4.15. The zero-order chi connectivity index (χ0) is 23.6. The van der Waals surface area contributed by atoms with Crippen LogP contribution in [0.4, 0.5) is 5.69 Å². The lowest BCUT2D eigenvalue weighted by molar-refractivity contribution is -0.122. The van der Waals surface area contributed by atoms with E-state index in [1.807, 2.05) is 0 Å². The first-order valence-corrected chi connectivity index (χ1v) is 11.4. The number of hydrogen-bond acceptors (Lipinski definition) is 7. The third-order valence-corrected chi connectivity index (χ3v) is 5.97. The predicted octanol–water partition coefficient (Wildman–Crippen LogP) is 3.21. The number of thioether (sulfide) groups is 1. The Morgan fingerprint density at radius 2 is 1.85 bits per heavy atom. The van der Waals surface area contributed by atoms with Crippen LogP contribution in [-0.2, 0) is 4.79 Å². The number of carbonyl (C=O) groups is 2. The molecule has 3 N–H and O–H groups in total. The molecule has 1 unspecified atom stereocenters. The van der Waals surface area contributed by atoms with Crippen molar-refractivity contribution in [1.29, 1.82) is 0 Å². The lowest BCUT2D eigenvalue weighted by Crippen LogP contribution is -2.37. The average Bonchev–Trinajstić information content (AvgIpc) is 2.81. The minimum absolute atomic E-state index is 0.0354. The Kier molecular flexibility index (Phi) is 9.20. The van der Waals surface area contributed by atoms with E-state index in [4.69, 9.17) is 16.7 Å². The molecule has 1 atom stereocenters. The number of aliphatic hydroxyl groups excluding tert-OH is 1. The Balaban J connectivity index is 1.80. The van der Waals surface area contributed by atoms with Crippen molar-refractivity contribution in [2.45, 2.75) is 10.4 Å². The maximum Gasteiger partial charge on any atom is 0.258 e. The summed E-state index contributed by atoms with van der Waals surface area (Å²) in [4.78, 5) is 35.7. The molecule has 0 aliphatic heterocycles. The van der Waals surface area contributed by atoms with Gasteiger partial charge in [0.25, 0.3) is 5.91 Å². The normalized spacial score (nSPS) is 11.8. The van der Waals surface area contributed by atoms with Gasteiger partial charge in [0.05, 0.1) is 18.7 Å². The number of nitrogens with zero attached hydrogens (tertiary/aromatic N) is 3. The van der Waals surface area contributed by atoms with Crippen LogP contribution in [0.5, 0.6) is 0 Å². The molecule has 3 rings (SSSR count). The van der Waals surface area contributed by atoms with Crippen LogP contribution < -0.4 is 10.6 Å². The molecule has 0 saturated heterocycles. The lowest BCUT2D eigenvalue weighted by atomic mass is 10.2. The van der Waals surface area contributed by atoms with E-state index in [1.54, 1.807) is 79.1 Å². The highest BCUT2D eigenvalue weighted by atomic mass is 35.5. The Labute approximate surface area is 201 Å². The molecule has 2 heterocycles. The highest BCUT2D eigenvalue weighted by Gasteiger charge is 2.21. The Hall–Kier alpha value is -2.98. The van der Waals surface area contributed by atoms with Crippen LogP contribution in [0.25, 0.3) is 0 Å². The predicted molar refractivity (Wildman–Crippen MR) is 129 cm³/mol. The van der Waals surface area contributed by atoms with Crippen LogP contribution in [0.15, 0.2) is 72.1 Å². The van der Waals surface area contributed by atoms with Crippen molar-refractivity contribution < 1.29 is 14.7 Å². The summed E-state index contributed by atoms with van der Waals surface area (Å²) >= 11 is 7.17. The lowest BCUT2D eigenvalue weighted by Gasteiger charge is -2.21. The number of rotatable bonds is 10. The number of likely N-dealkylation sites (N-methyl/N-ethyl adjacent to an activating group) is 1. The molecule has 33 heavy (non-hydrogen) atoms. The molecule has 3 aromatic rings. The molecule has 2 amide bonds. The number of aromatic nitrogens is 2. The van der Waals surface area contributed by atoms with Gasteiger partial charge < -0.3 is 15.7 Å². The Morgan fingerprint density at radius 3 is 2.55 bits per heavy atom. The molecule has 0 spiro atoms. The minimum Gasteiger partial charge on any atom is -0.395 e. The fraction of sp³-hybridized carbons (Fsp3) is 0.217. The van der Waals surface area contributed by atoms with E-state index in [0.717, 1.165) is 5.56 Å². The summed E-state index contributed by atoms with van der Waals surface area (Å²) in [5.41, 5.74) is 1.79. The van der Waals surface area contributed by atoms with Gasteiger partial charge in [-0.1, -0.05) is 23.4 Å². The van der Waals surface area contributed by atoms with Gasteiger partial charge in [-0.3, -0.25) is 19.5 Å². The number of pyridine rings is 2. The van der Waals surface area contributed by atoms with E-state index < -0.39 is 5.37 Å². The van der Waals surface area contributed by atoms with E-state index in [1.165, 1.54) is 11.8 Å². The van der Waals surface area contributed by atoms with Gasteiger partial charge in [0, 0.05) is 35.8 Å². The monoisotopic (exact) mass is 485 g/mol. The van der Waals surface area contributed by atoms with Crippen LogP contribution in [-0.4, -0.2) is 58.5 Å². The molecule has 0 fully saturated rings. The highest BCUT2D eigenvalue weighted by molar-refractivity contribution is 7.99. The largest absolute Gasteiger partial charge is 0.395 e. The first-order chi connectivity index (χ1) is 16.0. The smallest absolute Gasteiger partial charge is 0.258 e. The van der Waals surface area contributed by atoms with Crippen LogP contribution in [0.2, 0.25) is 5.02 Å². The fourth-order valence-electron chi connectivity index (χ4n) is 2.91. The molecule has 0 saturated carbocycles. The molecule has 0 aliphatic rings. The summed E-state index contributed by atoms with van der Waals surface area (Å²) in [7, 11) is 1.75. The highest BCUT2D eigenvalue weighted by Crippen LogP contribution is 2.34. The van der Waals surface area contributed by atoms with E-state index in [0.29, 0.717) is 27.8 Å². The van der Waals surface area contributed by atoms with Gasteiger partial charge in [0.15, 0.2) is 0 Å². The second-order valence-electron chi connectivity index (χ2n) is 7.12. The molecule has 0 radical (unpaired) electrons. The van der Waals surface area contributed by atoms with E-state index in [-0.39, 0.29) is 25.0 Å². The van der Waals surface area contributed by atoms with Crippen molar-refractivity contribution in [3.63, 3.8) is 0 Å². The van der Waals surface area contributed by atoms with E-state index in [9.17, 15) is 9.59 Å². The summed E-state index contributed by atoms with van der Waals surface area (Å²) in [5.74, 6) is -0.543. The number of nitrogens with one attached hydrogen (secondary N) is 2. The maximum absolute atomic E-state index is 13.0. The number of carbonyl (C=O) groups excluding carboxylic acids is 2. The second kappa shape index (κ2) is 12.3. The number of anilines is 1. The summed E-state index contributed by atoms with van der Waals surface area (Å²) in [5, 5.41) is 15.4. The summed E-state index contributed by atoms with van der Waals surface area (Å²) < 4.78 is 0. The van der Waals surface area contributed by atoms with Crippen LogP contribution in [0.3, 0.4) is 0 Å². The summed E-state index contributed by atoms with van der Waals surface area (Å²) in [6, 6.07) is 13.8. The first kappa shape index (κ1) is 24.7. The van der Waals surface area contributed by atoms with Crippen molar-refractivity contribution in [2.24, 2.45) is 0 Å². The van der Waals surface area contributed by atoms with Crippen molar-refractivity contribution in [3.8, 4) is 0 Å². The standard InChI is InChI=1S/C23H24ClN5O3S/c1-29(13-14-30)15-20(31)28-22(16-8-11-25-12-9-16)33-23-19(3-2-10-26-23)21(32)27-18-6-4-17(24)5-7-18/h2-12,22,30H,13-15H2,1H3,(H,27,32)(H,28,31). The molecule has 172 valence electrons. The molecule has 0 bridgehead atoms. The summed E-state index contributed by atoms with van der Waals surface area (Å²) in [6.07, 6.45) is 4.88.